The Balaban J connectivity index is 2.14. The minimum absolute atomic E-state index is 0.103. The molecule has 2 aromatic rings. The summed E-state index contributed by atoms with van der Waals surface area (Å²) in [6, 6.07) is 13.1. The Morgan fingerprint density at radius 3 is 2.33 bits per heavy atom. The smallest absolute Gasteiger partial charge is 0.265 e. The maximum atomic E-state index is 11.7. The highest BCUT2D eigenvalue weighted by molar-refractivity contribution is 5.94. The number of rotatable bonds is 5. The largest absolute Gasteiger partial charge is 0.496 e. The van der Waals surface area contributed by atoms with E-state index in [0.717, 1.165) is 11.3 Å². The quantitative estimate of drug-likeness (QED) is 0.502. The average Bonchev–Trinajstić information content (AvgIpc) is 2.58. The first-order chi connectivity index (χ1) is 11.3. The van der Waals surface area contributed by atoms with Crippen LogP contribution in [0.25, 0.3) is 0 Å². The van der Waals surface area contributed by atoms with Crippen molar-refractivity contribution in [3.63, 3.8) is 0 Å². The fraction of sp³-hybridized carbons (Fsp3) is 0.316. The van der Waals surface area contributed by atoms with Crippen LogP contribution in [-0.2, 0) is 12.0 Å². The molecule has 0 aromatic heterocycles. The maximum absolute atomic E-state index is 11.7. The molecule has 128 valence electrons. The molecule has 0 saturated carbocycles. The van der Waals surface area contributed by atoms with E-state index < -0.39 is 0 Å². The van der Waals surface area contributed by atoms with Gasteiger partial charge in [0, 0.05) is 11.1 Å². The highest BCUT2D eigenvalue weighted by Gasteiger charge is 2.13. The topological polar surface area (TPSA) is 73.6 Å². The Morgan fingerprint density at radius 2 is 1.79 bits per heavy atom. The molecular formula is C19H24N2O3. The number of nitrogens with two attached hydrogens (primary N) is 1. The molecule has 0 spiro atoms. The molecule has 24 heavy (non-hydrogen) atoms. The van der Waals surface area contributed by atoms with E-state index in [-0.39, 0.29) is 11.3 Å². The molecule has 5 heteroatoms. The van der Waals surface area contributed by atoms with Crippen LogP contribution < -0.4 is 20.7 Å². The van der Waals surface area contributed by atoms with Crippen LogP contribution in [0.15, 0.2) is 42.5 Å². The van der Waals surface area contributed by atoms with Gasteiger partial charge in [-0.3, -0.25) is 10.2 Å². The van der Waals surface area contributed by atoms with Crippen molar-refractivity contribution in [3.8, 4) is 11.5 Å². The highest BCUT2D eigenvalue weighted by Crippen LogP contribution is 2.26. The SMILES string of the molecule is COc1ccc(C(=O)NN)cc1COc1ccc(C(C)(C)C)cc1. The Hall–Kier alpha value is -2.53. The van der Waals surface area contributed by atoms with E-state index in [0.29, 0.717) is 17.9 Å². The second kappa shape index (κ2) is 7.36. The van der Waals surface area contributed by atoms with Gasteiger partial charge in [-0.05, 0) is 41.3 Å². The predicted molar refractivity (Wildman–Crippen MR) is 94.1 cm³/mol. The summed E-state index contributed by atoms with van der Waals surface area (Å²) >= 11 is 0. The third kappa shape index (κ3) is 4.26. The van der Waals surface area contributed by atoms with Gasteiger partial charge < -0.3 is 9.47 Å². The van der Waals surface area contributed by atoms with Gasteiger partial charge in [0.1, 0.15) is 18.1 Å². The molecule has 0 aliphatic heterocycles. The summed E-state index contributed by atoms with van der Waals surface area (Å²) in [6.07, 6.45) is 0. The molecule has 0 radical (unpaired) electrons. The van der Waals surface area contributed by atoms with Crippen LogP contribution in [0.2, 0.25) is 0 Å². The molecule has 0 bridgehead atoms. The lowest BCUT2D eigenvalue weighted by Gasteiger charge is -2.19. The molecular weight excluding hydrogens is 304 g/mol. The number of nitrogens with one attached hydrogen (secondary N) is 1. The predicted octanol–water partition coefficient (Wildman–Crippen LogP) is 3.18. The fourth-order valence-corrected chi connectivity index (χ4v) is 2.33. The van der Waals surface area contributed by atoms with E-state index in [9.17, 15) is 4.79 Å². The molecule has 0 fully saturated rings. The van der Waals surface area contributed by atoms with Gasteiger partial charge in [0.25, 0.3) is 5.91 Å². The summed E-state index contributed by atoms with van der Waals surface area (Å²) in [5, 5.41) is 0. The molecule has 0 heterocycles. The number of carbonyl (C=O) groups is 1. The third-order valence-corrected chi connectivity index (χ3v) is 3.79. The standard InChI is InChI=1S/C19H24N2O3/c1-19(2,3)15-6-8-16(9-7-15)24-12-14-11-13(18(22)21-20)5-10-17(14)23-4/h5-11H,12,20H2,1-4H3,(H,21,22). The van der Waals surface area contributed by atoms with Gasteiger partial charge >= 0.3 is 0 Å². The highest BCUT2D eigenvalue weighted by atomic mass is 16.5. The lowest BCUT2D eigenvalue weighted by atomic mass is 9.87. The number of benzene rings is 2. The number of methoxy groups -OCH3 is 1. The molecule has 0 atom stereocenters. The van der Waals surface area contributed by atoms with Crippen molar-refractivity contribution >= 4 is 5.91 Å². The van der Waals surface area contributed by atoms with Crippen LogP contribution in [0.5, 0.6) is 11.5 Å². The van der Waals surface area contributed by atoms with Crippen molar-refractivity contribution < 1.29 is 14.3 Å². The van der Waals surface area contributed by atoms with Gasteiger partial charge in [-0.2, -0.15) is 0 Å². The minimum Gasteiger partial charge on any atom is -0.496 e. The molecule has 0 aliphatic carbocycles. The van der Waals surface area contributed by atoms with E-state index in [1.165, 1.54) is 5.56 Å². The van der Waals surface area contributed by atoms with E-state index in [2.05, 4.69) is 38.3 Å². The second-order valence-corrected chi connectivity index (χ2v) is 6.56. The number of nitrogen functional groups attached to an aromatic ring is 1. The van der Waals surface area contributed by atoms with Crippen molar-refractivity contribution in [3.05, 3.63) is 59.2 Å². The molecule has 2 aromatic carbocycles. The maximum Gasteiger partial charge on any atom is 0.265 e. The Kier molecular flexibility index (Phi) is 5.46. The van der Waals surface area contributed by atoms with Gasteiger partial charge in [0.2, 0.25) is 0 Å². The number of ether oxygens (including phenoxy) is 2. The van der Waals surface area contributed by atoms with Gasteiger partial charge in [0.15, 0.2) is 0 Å². The first kappa shape index (κ1) is 17.8. The second-order valence-electron chi connectivity index (χ2n) is 6.56. The van der Waals surface area contributed by atoms with Crippen molar-refractivity contribution in [2.75, 3.05) is 7.11 Å². The van der Waals surface area contributed by atoms with E-state index in [1.807, 2.05) is 12.1 Å². The summed E-state index contributed by atoms with van der Waals surface area (Å²) in [5.74, 6) is 6.25. The Bertz CT molecular complexity index is 704. The number of carbonyl (C=O) groups excluding carboxylic acids is 1. The third-order valence-electron chi connectivity index (χ3n) is 3.79. The van der Waals surface area contributed by atoms with Crippen LogP contribution in [0.4, 0.5) is 0 Å². The van der Waals surface area contributed by atoms with Crippen molar-refractivity contribution in [1.29, 1.82) is 0 Å². The van der Waals surface area contributed by atoms with Crippen LogP contribution in [0.1, 0.15) is 42.3 Å². The summed E-state index contributed by atoms with van der Waals surface area (Å²) in [6.45, 7) is 6.80. The zero-order valence-electron chi connectivity index (χ0n) is 14.6. The fourth-order valence-electron chi connectivity index (χ4n) is 2.33. The molecule has 5 nitrogen and oxygen atoms in total. The Morgan fingerprint density at radius 1 is 1.12 bits per heavy atom. The molecule has 0 unspecified atom stereocenters. The van der Waals surface area contributed by atoms with Crippen molar-refractivity contribution in [2.45, 2.75) is 32.8 Å². The summed E-state index contributed by atoms with van der Waals surface area (Å²) in [7, 11) is 1.58. The molecule has 1 amide bonds. The van der Waals surface area contributed by atoms with Crippen LogP contribution in [0.3, 0.4) is 0 Å². The zero-order valence-corrected chi connectivity index (χ0v) is 14.6. The summed E-state index contributed by atoms with van der Waals surface area (Å²) in [4.78, 5) is 11.7. The normalized spacial score (nSPS) is 11.0. The molecule has 0 aliphatic rings. The lowest BCUT2D eigenvalue weighted by Crippen LogP contribution is -2.30. The monoisotopic (exact) mass is 328 g/mol. The van der Waals surface area contributed by atoms with E-state index in [1.54, 1.807) is 25.3 Å². The van der Waals surface area contributed by atoms with E-state index >= 15 is 0 Å². The lowest BCUT2D eigenvalue weighted by molar-refractivity contribution is 0.0953. The number of hydrazine groups is 1. The zero-order chi connectivity index (χ0) is 17.7. The van der Waals surface area contributed by atoms with Gasteiger partial charge in [-0.25, -0.2) is 5.84 Å². The first-order valence-electron chi connectivity index (χ1n) is 7.76. The van der Waals surface area contributed by atoms with Crippen molar-refractivity contribution in [1.82, 2.24) is 5.43 Å². The summed E-state index contributed by atoms with van der Waals surface area (Å²) in [5.41, 5.74) is 4.70. The first-order valence-corrected chi connectivity index (χ1v) is 7.76. The van der Waals surface area contributed by atoms with Crippen LogP contribution in [0, 0.1) is 0 Å². The van der Waals surface area contributed by atoms with Crippen LogP contribution in [-0.4, -0.2) is 13.0 Å². The molecule has 2 rings (SSSR count). The van der Waals surface area contributed by atoms with Gasteiger partial charge in [0.05, 0.1) is 7.11 Å². The summed E-state index contributed by atoms with van der Waals surface area (Å²) < 4.78 is 11.2. The number of amides is 1. The van der Waals surface area contributed by atoms with Crippen molar-refractivity contribution in [2.24, 2.45) is 5.84 Å². The average molecular weight is 328 g/mol. The van der Waals surface area contributed by atoms with Gasteiger partial charge in [-0.15, -0.1) is 0 Å². The molecule has 3 N–H and O–H groups in total. The van der Waals surface area contributed by atoms with Crippen LogP contribution >= 0.6 is 0 Å². The molecule has 0 saturated heterocycles. The van der Waals surface area contributed by atoms with Gasteiger partial charge in [-0.1, -0.05) is 32.9 Å². The minimum atomic E-state index is -0.353. The Labute approximate surface area is 142 Å². The number of hydrogen-bond acceptors (Lipinski definition) is 4. The van der Waals surface area contributed by atoms with E-state index in [4.69, 9.17) is 15.3 Å². The number of hydrogen-bond donors (Lipinski definition) is 2.